The lowest BCUT2D eigenvalue weighted by molar-refractivity contribution is -0.136. The van der Waals surface area contributed by atoms with Crippen LogP contribution in [-0.4, -0.2) is 70.3 Å². The Hall–Kier alpha value is -1.90. The van der Waals surface area contributed by atoms with Crippen LogP contribution in [0, 0.1) is 6.92 Å². The highest BCUT2D eigenvalue weighted by Crippen LogP contribution is 2.25. The van der Waals surface area contributed by atoms with Crippen LogP contribution in [0.15, 0.2) is 29.6 Å². The number of likely N-dealkylation sites (tertiary alicyclic amines) is 1. The van der Waals surface area contributed by atoms with E-state index in [2.05, 4.69) is 10.3 Å². The predicted molar refractivity (Wildman–Crippen MR) is 119 cm³/mol. The molecule has 2 aromatic rings. The molecule has 0 radical (unpaired) electrons. The lowest BCUT2D eigenvalue weighted by atomic mass is 10.1. The summed E-state index contributed by atoms with van der Waals surface area (Å²) in [7, 11) is 0. The van der Waals surface area contributed by atoms with Crippen molar-refractivity contribution in [2.45, 2.75) is 25.8 Å². The van der Waals surface area contributed by atoms with Crippen molar-refractivity contribution < 1.29 is 9.59 Å². The minimum absolute atomic E-state index is 0.0782. The van der Waals surface area contributed by atoms with Gasteiger partial charge in [-0.25, -0.2) is 4.98 Å². The van der Waals surface area contributed by atoms with Gasteiger partial charge in [-0.15, -0.1) is 11.3 Å². The molecule has 2 amide bonds. The van der Waals surface area contributed by atoms with Crippen molar-refractivity contribution >= 4 is 40.6 Å². The summed E-state index contributed by atoms with van der Waals surface area (Å²) in [4.78, 5) is 34.1. The molecule has 2 fully saturated rings. The van der Waals surface area contributed by atoms with Gasteiger partial charge in [-0.1, -0.05) is 12.1 Å². The highest BCUT2D eigenvalue weighted by molar-refractivity contribution is 7.99. The van der Waals surface area contributed by atoms with E-state index in [9.17, 15) is 9.59 Å². The number of carbonyl (C=O) groups excluding carboxylic acids is 2. The maximum atomic E-state index is 12.9. The molecule has 1 aromatic heterocycles. The summed E-state index contributed by atoms with van der Waals surface area (Å²) in [6.45, 7) is 4.67. The number of aryl methyl sites for hydroxylation is 1. The molecule has 4 rings (SSSR count). The number of anilines is 1. The zero-order chi connectivity index (χ0) is 20.2. The van der Waals surface area contributed by atoms with Gasteiger partial charge in [-0.3, -0.25) is 14.5 Å². The molecule has 6 nitrogen and oxygen atoms in total. The first-order valence-electron chi connectivity index (χ1n) is 10.0. The number of amides is 2. The third kappa shape index (κ3) is 4.99. The Morgan fingerprint density at radius 1 is 1.24 bits per heavy atom. The smallest absolute Gasteiger partial charge is 0.239 e. The average Bonchev–Trinajstić information content (AvgIpc) is 3.37. The topological polar surface area (TPSA) is 65.5 Å². The van der Waals surface area contributed by atoms with Crippen molar-refractivity contribution in [1.29, 1.82) is 0 Å². The molecule has 0 spiro atoms. The fourth-order valence-corrected chi connectivity index (χ4v) is 5.45. The largest absolute Gasteiger partial charge is 0.340 e. The van der Waals surface area contributed by atoms with Crippen molar-refractivity contribution in [3.8, 4) is 11.3 Å². The van der Waals surface area contributed by atoms with Crippen LogP contribution < -0.4 is 5.32 Å². The van der Waals surface area contributed by atoms with Crippen LogP contribution in [0.2, 0.25) is 0 Å². The summed E-state index contributed by atoms with van der Waals surface area (Å²) < 4.78 is 0. The third-order valence-corrected chi connectivity index (χ3v) is 7.10. The van der Waals surface area contributed by atoms with Gasteiger partial charge in [0.05, 0.1) is 23.3 Å². The van der Waals surface area contributed by atoms with E-state index in [1.807, 2.05) is 58.1 Å². The molecule has 2 aliphatic rings. The van der Waals surface area contributed by atoms with Gasteiger partial charge in [0.1, 0.15) is 0 Å². The number of thiazole rings is 1. The Morgan fingerprint density at radius 3 is 2.83 bits per heavy atom. The van der Waals surface area contributed by atoms with Crippen LogP contribution in [0.25, 0.3) is 11.3 Å². The average molecular weight is 431 g/mol. The SMILES string of the molecule is Cc1nc(-c2cccc(NC(=O)CN3CCCC3C(=O)N3CCSCC3)c2)cs1. The fourth-order valence-electron chi connectivity index (χ4n) is 3.93. The summed E-state index contributed by atoms with van der Waals surface area (Å²) in [5, 5.41) is 6.04. The van der Waals surface area contributed by atoms with E-state index < -0.39 is 0 Å². The number of carbonyl (C=O) groups is 2. The molecule has 2 saturated heterocycles. The van der Waals surface area contributed by atoms with E-state index in [-0.39, 0.29) is 24.4 Å². The number of thioether (sulfide) groups is 1. The molecule has 0 saturated carbocycles. The standard InChI is InChI=1S/C21H26N4O2S2/c1-15-22-18(14-29-15)16-4-2-5-17(12-16)23-20(26)13-25-7-3-6-19(25)21(27)24-8-10-28-11-9-24/h2,4-5,12,14,19H,3,6-11,13H2,1H3,(H,23,26). The molecule has 154 valence electrons. The Balaban J connectivity index is 1.37. The summed E-state index contributed by atoms with van der Waals surface area (Å²) >= 11 is 3.51. The second kappa shape index (κ2) is 9.28. The lowest BCUT2D eigenvalue weighted by Crippen LogP contribution is -2.49. The first-order chi connectivity index (χ1) is 14.1. The van der Waals surface area contributed by atoms with Crippen LogP contribution in [0.4, 0.5) is 5.69 Å². The van der Waals surface area contributed by atoms with E-state index in [0.717, 1.165) is 65.9 Å². The van der Waals surface area contributed by atoms with Crippen molar-refractivity contribution in [1.82, 2.24) is 14.8 Å². The van der Waals surface area contributed by atoms with Gasteiger partial charge < -0.3 is 10.2 Å². The van der Waals surface area contributed by atoms with Gasteiger partial charge in [0, 0.05) is 41.2 Å². The number of nitrogens with zero attached hydrogens (tertiary/aromatic N) is 3. The molecular formula is C21H26N4O2S2. The zero-order valence-corrected chi connectivity index (χ0v) is 18.2. The zero-order valence-electron chi connectivity index (χ0n) is 16.6. The second-order valence-electron chi connectivity index (χ2n) is 7.45. The van der Waals surface area contributed by atoms with Gasteiger partial charge in [0.2, 0.25) is 11.8 Å². The van der Waals surface area contributed by atoms with E-state index in [1.54, 1.807) is 11.3 Å². The van der Waals surface area contributed by atoms with Crippen LogP contribution in [-0.2, 0) is 9.59 Å². The summed E-state index contributed by atoms with van der Waals surface area (Å²) in [5.74, 6) is 2.13. The van der Waals surface area contributed by atoms with Crippen molar-refractivity contribution in [2.75, 3.05) is 43.0 Å². The predicted octanol–water partition coefficient (Wildman–Crippen LogP) is 3.10. The Bertz CT molecular complexity index is 879. The molecule has 29 heavy (non-hydrogen) atoms. The van der Waals surface area contributed by atoms with E-state index in [0.29, 0.717) is 0 Å². The molecule has 0 bridgehead atoms. The number of benzene rings is 1. The van der Waals surface area contributed by atoms with Crippen LogP contribution >= 0.6 is 23.1 Å². The van der Waals surface area contributed by atoms with Gasteiger partial charge in [-0.2, -0.15) is 11.8 Å². The minimum Gasteiger partial charge on any atom is -0.340 e. The Morgan fingerprint density at radius 2 is 2.07 bits per heavy atom. The molecule has 3 heterocycles. The highest BCUT2D eigenvalue weighted by Gasteiger charge is 2.35. The monoisotopic (exact) mass is 430 g/mol. The molecular weight excluding hydrogens is 404 g/mol. The Labute approximate surface area is 179 Å². The quantitative estimate of drug-likeness (QED) is 0.790. The van der Waals surface area contributed by atoms with E-state index in [1.165, 1.54) is 0 Å². The molecule has 0 aliphatic carbocycles. The first-order valence-corrected chi connectivity index (χ1v) is 12.1. The van der Waals surface area contributed by atoms with Crippen LogP contribution in [0.3, 0.4) is 0 Å². The molecule has 1 N–H and O–H groups in total. The molecule has 1 unspecified atom stereocenters. The van der Waals surface area contributed by atoms with Gasteiger partial charge in [0.15, 0.2) is 0 Å². The van der Waals surface area contributed by atoms with Crippen LogP contribution in [0.5, 0.6) is 0 Å². The maximum Gasteiger partial charge on any atom is 0.239 e. The number of rotatable bonds is 5. The van der Waals surface area contributed by atoms with Gasteiger partial charge >= 0.3 is 0 Å². The Kier molecular flexibility index (Phi) is 6.52. The van der Waals surface area contributed by atoms with Crippen molar-refractivity contribution in [3.63, 3.8) is 0 Å². The first kappa shape index (κ1) is 20.4. The maximum absolute atomic E-state index is 12.9. The number of hydrogen-bond acceptors (Lipinski definition) is 6. The number of aromatic nitrogens is 1. The van der Waals surface area contributed by atoms with E-state index in [4.69, 9.17) is 0 Å². The second-order valence-corrected chi connectivity index (χ2v) is 9.73. The highest BCUT2D eigenvalue weighted by atomic mass is 32.2. The third-order valence-electron chi connectivity index (χ3n) is 5.38. The minimum atomic E-state index is -0.159. The lowest BCUT2D eigenvalue weighted by Gasteiger charge is -2.32. The number of hydrogen-bond donors (Lipinski definition) is 1. The summed E-state index contributed by atoms with van der Waals surface area (Å²) in [5.41, 5.74) is 2.67. The fraction of sp³-hybridized carbons (Fsp3) is 0.476. The molecule has 1 atom stereocenters. The summed E-state index contributed by atoms with van der Waals surface area (Å²) in [6.07, 6.45) is 1.80. The van der Waals surface area contributed by atoms with Crippen molar-refractivity contribution in [2.24, 2.45) is 0 Å². The molecule has 2 aliphatic heterocycles. The normalized spacial score (nSPS) is 20.0. The van der Waals surface area contributed by atoms with E-state index >= 15 is 0 Å². The van der Waals surface area contributed by atoms with Crippen LogP contribution in [0.1, 0.15) is 17.8 Å². The van der Waals surface area contributed by atoms with Gasteiger partial charge in [0.25, 0.3) is 0 Å². The summed E-state index contributed by atoms with van der Waals surface area (Å²) in [6, 6.07) is 7.60. The number of nitrogens with one attached hydrogen (secondary N) is 1. The molecule has 1 aromatic carbocycles. The van der Waals surface area contributed by atoms with Crippen molar-refractivity contribution in [3.05, 3.63) is 34.7 Å². The van der Waals surface area contributed by atoms with Gasteiger partial charge in [-0.05, 0) is 38.4 Å². The molecule has 8 heteroatoms.